The zero-order valence-electron chi connectivity index (χ0n) is 10.2. The zero-order valence-corrected chi connectivity index (χ0v) is 11.0. The minimum atomic E-state index is -0.489. The lowest BCUT2D eigenvalue weighted by molar-refractivity contribution is -0.158. The van der Waals surface area contributed by atoms with Crippen molar-refractivity contribution in [3.63, 3.8) is 0 Å². The summed E-state index contributed by atoms with van der Waals surface area (Å²) in [5, 5.41) is 4.70. The molecule has 0 amide bonds. The molecule has 0 aliphatic heterocycles. The maximum atomic E-state index is 11.8. The number of halogens is 1. The van der Waals surface area contributed by atoms with Crippen LogP contribution in [0.5, 0.6) is 0 Å². The summed E-state index contributed by atoms with van der Waals surface area (Å²) >= 11 is 5.88. The van der Waals surface area contributed by atoms with E-state index >= 15 is 0 Å². The van der Waals surface area contributed by atoms with Crippen LogP contribution in [-0.4, -0.2) is 21.4 Å². The van der Waals surface area contributed by atoms with Crippen LogP contribution < -0.4 is 0 Å². The summed E-state index contributed by atoms with van der Waals surface area (Å²) in [6.45, 7) is 9.02. The molecule has 1 unspecified atom stereocenters. The third kappa shape index (κ3) is 3.23. The molecule has 16 heavy (non-hydrogen) atoms. The van der Waals surface area contributed by atoms with Crippen molar-refractivity contribution in [2.45, 2.75) is 46.3 Å². The summed E-state index contributed by atoms with van der Waals surface area (Å²) in [5.41, 5.74) is 0.217. The number of rotatable bonds is 2. The number of hydrogen-bond donors (Lipinski definition) is 0. The molecule has 0 aliphatic rings. The van der Waals surface area contributed by atoms with Gasteiger partial charge in [0.1, 0.15) is 11.6 Å². The molecule has 0 radical (unpaired) electrons. The molecule has 90 valence electrons. The lowest BCUT2D eigenvalue weighted by Gasteiger charge is -2.22. The second-order valence-electron chi connectivity index (χ2n) is 4.75. The van der Waals surface area contributed by atoms with Gasteiger partial charge in [0, 0.05) is 6.20 Å². The van der Waals surface area contributed by atoms with E-state index in [0.29, 0.717) is 10.7 Å². The van der Waals surface area contributed by atoms with E-state index in [1.54, 1.807) is 20.0 Å². The normalized spacial score (nSPS) is 13.6. The zero-order chi connectivity index (χ0) is 12.5. The predicted molar refractivity (Wildman–Crippen MR) is 62.5 cm³/mol. The van der Waals surface area contributed by atoms with Crippen LogP contribution in [0.25, 0.3) is 0 Å². The molecule has 0 spiro atoms. The van der Waals surface area contributed by atoms with E-state index in [4.69, 9.17) is 16.3 Å². The molecule has 1 atom stereocenters. The maximum Gasteiger partial charge on any atom is 0.331 e. The summed E-state index contributed by atoms with van der Waals surface area (Å²) < 4.78 is 6.78. The quantitative estimate of drug-likeness (QED) is 0.752. The monoisotopic (exact) mass is 244 g/mol. The molecule has 0 aliphatic carbocycles. The fourth-order valence-electron chi connectivity index (χ4n) is 1.15. The van der Waals surface area contributed by atoms with Gasteiger partial charge in [0.15, 0.2) is 0 Å². The molecular weight excluding hydrogens is 228 g/mol. The van der Waals surface area contributed by atoms with Gasteiger partial charge in [0.05, 0.1) is 10.7 Å². The van der Waals surface area contributed by atoms with E-state index in [-0.39, 0.29) is 5.97 Å². The Bertz CT molecular complexity index is 374. The average molecular weight is 245 g/mol. The summed E-state index contributed by atoms with van der Waals surface area (Å²) in [4.78, 5) is 11.8. The number of carbonyl (C=O) groups is 1. The first-order valence-corrected chi connectivity index (χ1v) is 5.52. The Labute approximate surface area is 101 Å². The number of aromatic nitrogens is 2. The number of aryl methyl sites for hydroxylation is 1. The van der Waals surface area contributed by atoms with Gasteiger partial charge < -0.3 is 4.74 Å². The van der Waals surface area contributed by atoms with Crippen molar-refractivity contribution in [1.82, 2.24) is 9.78 Å². The summed E-state index contributed by atoms with van der Waals surface area (Å²) in [5.74, 6) is -0.313. The van der Waals surface area contributed by atoms with Crippen LogP contribution in [0.2, 0.25) is 5.02 Å². The minimum Gasteiger partial charge on any atom is -0.458 e. The summed E-state index contributed by atoms with van der Waals surface area (Å²) in [7, 11) is 0. The number of nitrogens with zero attached hydrogens (tertiary/aromatic N) is 2. The molecule has 4 nitrogen and oxygen atoms in total. The largest absolute Gasteiger partial charge is 0.458 e. The third-order valence-corrected chi connectivity index (χ3v) is 2.37. The van der Waals surface area contributed by atoms with Crippen molar-refractivity contribution in [2.24, 2.45) is 0 Å². The van der Waals surface area contributed by atoms with Gasteiger partial charge in [-0.05, 0) is 34.6 Å². The molecule has 0 aromatic carbocycles. The van der Waals surface area contributed by atoms with Crippen LogP contribution in [-0.2, 0) is 9.53 Å². The van der Waals surface area contributed by atoms with E-state index in [2.05, 4.69) is 5.10 Å². The second kappa shape index (κ2) is 4.45. The molecule has 1 aromatic rings. The van der Waals surface area contributed by atoms with E-state index in [1.807, 2.05) is 20.8 Å². The van der Waals surface area contributed by atoms with E-state index in [0.717, 1.165) is 0 Å². The Hall–Kier alpha value is -1.03. The maximum absolute atomic E-state index is 11.8. The number of hydrogen-bond acceptors (Lipinski definition) is 3. The van der Waals surface area contributed by atoms with Gasteiger partial charge in [-0.3, -0.25) is 4.68 Å². The second-order valence-corrected chi connectivity index (χ2v) is 5.16. The first-order valence-electron chi connectivity index (χ1n) is 5.15. The predicted octanol–water partition coefficient (Wildman–Crippen LogP) is 2.75. The van der Waals surface area contributed by atoms with Crippen molar-refractivity contribution < 1.29 is 9.53 Å². The van der Waals surface area contributed by atoms with Crippen LogP contribution in [0.1, 0.15) is 39.4 Å². The lowest BCUT2D eigenvalue weighted by atomic mass is 10.2. The SMILES string of the molecule is Cc1nn(C(C)C(=O)OC(C)(C)C)cc1Cl. The number of ether oxygens (including phenoxy) is 1. The Balaban J connectivity index is 2.78. The Morgan fingerprint density at radius 1 is 1.56 bits per heavy atom. The van der Waals surface area contributed by atoms with Crippen LogP contribution in [0.3, 0.4) is 0 Å². The van der Waals surface area contributed by atoms with Crippen LogP contribution in [0.4, 0.5) is 0 Å². The molecule has 1 aromatic heterocycles. The summed E-state index contributed by atoms with van der Waals surface area (Å²) in [6, 6.07) is -0.467. The van der Waals surface area contributed by atoms with Gasteiger partial charge in [-0.15, -0.1) is 0 Å². The highest BCUT2D eigenvalue weighted by Crippen LogP contribution is 2.18. The van der Waals surface area contributed by atoms with Crippen LogP contribution >= 0.6 is 11.6 Å². The molecule has 5 heteroatoms. The van der Waals surface area contributed by atoms with Gasteiger partial charge >= 0.3 is 5.97 Å². The van der Waals surface area contributed by atoms with E-state index in [9.17, 15) is 4.79 Å². The highest BCUT2D eigenvalue weighted by atomic mass is 35.5. The average Bonchev–Trinajstić information content (AvgIpc) is 2.43. The van der Waals surface area contributed by atoms with Gasteiger partial charge in [-0.25, -0.2) is 4.79 Å². The Morgan fingerprint density at radius 2 is 2.12 bits per heavy atom. The van der Waals surface area contributed by atoms with Crippen molar-refractivity contribution in [1.29, 1.82) is 0 Å². The molecule has 0 bridgehead atoms. The molecule has 0 fully saturated rings. The molecule has 0 saturated heterocycles. The highest BCUT2D eigenvalue weighted by molar-refractivity contribution is 6.31. The van der Waals surface area contributed by atoms with Gasteiger partial charge in [0.2, 0.25) is 0 Å². The fourth-order valence-corrected chi connectivity index (χ4v) is 1.29. The molecule has 0 N–H and O–H groups in total. The first kappa shape index (κ1) is 13.0. The molecule has 1 heterocycles. The van der Waals surface area contributed by atoms with Crippen molar-refractivity contribution in [3.8, 4) is 0 Å². The van der Waals surface area contributed by atoms with Gasteiger partial charge in [-0.2, -0.15) is 5.10 Å². The van der Waals surface area contributed by atoms with E-state index < -0.39 is 11.6 Å². The van der Waals surface area contributed by atoms with E-state index in [1.165, 1.54) is 4.68 Å². The fraction of sp³-hybridized carbons (Fsp3) is 0.636. The van der Waals surface area contributed by atoms with Gasteiger partial charge in [0.25, 0.3) is 0 Å². The molecule has 0 saturated carbocycles. The number of esters is 1. The summed E-state index contributed by atoms with van der Waals surface area (Å²) in [6.07, 6.45) is 1.63. The smallest absolute Gasteiger partial charge is 0.331 e. The number of carbonyl (C=O) groups excluding carboxylic acids is 1. The van der Waals surface area contributed by atoms with Crippen molar-refractivity contribution in [2.75, 3.05) is 0 Å². The first-order chi connectivity index (χ1) is 7.20. The Morgan fingerprint density at radius 3 is 2.50 bits per heavy atom. The van der Waals surface area contributed by atoms with Crippen LogP contribution in [0.15, 0.2) is 6.20 Å². The highest BCUT2D eigenvalue weighted by Gasteiger charge is 2.23. The van der Waals surface area contributed by atoms with Crippen LogP contribution in [0, 0.1) is 6.92 Å². The minimum absolute atomic E-state index is 0.313. The third-order valence-electron chi connectivity index (χ3n) is 2.00. The van der Waals surface area contributed by atoms with Gasteiger partial charge in [-0.1, -0.05) is 11.6 Å². The van der Waals surface area contributed by atoms with Crippen molar-refractivity contribution >= 4 is 17.6 Å². The standard InChI is InChI=1S/C11H17ClN2O2/c1-7-9(12)6-14(13-7)8(2)10(15)16-11(3,4)5/h6,8H,1-5H3. The van der Waals surface area contributed by atoms with Crippen molar-refractivity contribution in [3.05, 3.63) is 16.9 Å². The topological polar surface area (TPSA) is 44.1 Å². The molecular formula is C11H17ClN2O2. The lowest BCUT2D eigenvalue weighted by Crippen LogP contribution is -2.29. The molecule has 1 rings (SSSR count). The Kier molecular flexibility index (Phi) is 3.63.